The maximum absolute atomic E-state index is 10.5. The van der Waals surface area contributed by atoms with E-state index in [0.29, 0.717) is 5.92 Å². The molecule has 110 valence electrons. The Morgan fingerprint density at radius 2 is 2.45 bits per heavy atom. The second-order valence-electron chi connectivity index (χ2n) is 5.44. The first kappa shape index (κ1) is 14.9. The standard InChI is InChI=1S/C15H23N3O2/c19-15(20)11-17-10-14-4-2-7-18(12-14)8-5-13-3-1-6-16-9-13/h1,3,6,9,14,17H,2,4-5,7-8,10-12H2,(H,19,20). The van der Waals surface area contributed by atoms with Gasteiger partial charge in [0.25, 0.3) is 0 Å². The summed E-state index contributed by atoms with van der Waals surface area (Å²) in [5.74, 6) is -0.216. The van der Waals surface area contributed by atoms with Crippen LogP contribution in [0.5, 0.6) is 0 Å². The molecule has 2 heterocycles. The number of pyridine rings is 1. The molecule has 0 aromatic carbocycles. The van der Waals surface area contributed by atoms with Gasteiger partial charge in [-0.3, -0.25) is 9.78 Å². The molecule has 5 nitrogen and oxygen atoms in total. The second kappa shape index (κ2) is 7.97. The molecule has 0 aliphatic carbocycles. The number of hydrogen-bond acceptors (Lipinski definition) is 4. The summed E-state index contributed by atoms with van der Waals surface area (Å²) in [7, 11) is 0. The molecule has 1 aliphatic heterocycles. The van der Waals surface area contributed by atoms with Crippen LogP contribution in [0, 0.1) is 5.92 Å². The quantitative estimate of drug-likeness (QED) is 0.778. The van der Waals surface area contributed by atoms with Crippen LogP contribution in [0.1, 0.15) is 18.4 Å². The van der Waals surface area contributed by atoms with Gasteiger partial charge in [0.05, 0.1) is 6.54 Å². The zero-order valence-corrected chi connectivity index (χ0v) is 11.8. The molecule has 1 unspecified atom stereocenters. The predicted molar refractivity (Wildman–Crippen MR) is 77.6 cm³/mol. The third-order valence-corrected chi connectivity index (χ3v) is 3.75. The number of piperidine rings is 1. The number of likely N-dealkylation sites (tertiary alicyclic amines) is 1. The molecule has 1 saturated heterocycles. The first-order valence-electron chi connectivity index (χ1n) is 7.28. The van der Waals surface area contributed by atoms with E-state index in [9.17, 15) is 4.79 Å². The van der Waals surface area contributed by atoms with Gasteiger partial charge in [0.15, 0.2) is 0 Å². The van der Waals surface area contributed by atoms with E-state index in [1.165, 1.54) is 18.4 Å². The molecule has 20 heavy (non-hydrogen) atoms. The van der Waals surface area contributed by atoms with Gasteiger partial charge in [0.2, 0.25) is 0 Å². The fraction of sp³-hybridized carbons (Fsp3) is 0.600. The average Bonchev–Trinajstić information content (AvgIpc) is 2.46. The normalized spacial score (nSPS) is 19.9. The van der Waals surface area contributed by atoms with Gasteiger partial charge in [-0.25, -0.2) is 0 Å². The third-order valence-electron chi connectivity index (χ3n) is 3.75. The fourth-order valence-corrected chi connectivity index (χ4v) is 2.74. The molecule has 2 N–H and O–H groups in total. The van der Waals surface area contributed by atoms with Crippen LogP contribution in [0.2, 0.25) is 0 Å². The van der Waals surface area contributed by atoms with Crippen molar-refractivity contribution in [3.8, 4) is 0 Å². The van der Waals surface area contributed by atoms with Crippen molar-refractivity contribution in [2.24, 2.45) is 5.92 Å². The van der Waals surface area contributed by atoms with Gasteiger partial charge < -0.3 is 15.3 Å². The first-order chi connectivity index (χ1) is 9.74. The van der Waals surface area contributed by atoms with Gasteiger partial charge in [-0.1, -0.05) is 6.07 Å². The molecule has 0 saturated carbocycles. The van der Waals surface area contributed by atoms with Crippen LogP contribution in [-0.4, -0.2) is 53.7 Å². The van der Waals surface area contributed by atoms with Crippen molar-refractivity contribution in [1.29, 1.82) is 0 Å². The topological polar surface area (TPSA) is 65.5 Å². The molecule has 1 fully saturated rings. The summed E-state index contributed by atoms with van der Waals surface area (Å²) < 4.78 is 0. The largest absolute Gasteiger partial charge is 0.480 e. The van der Waals surface area contributed by atoms with Crippen LogP contribution in [0.3, 0.4) is 0 Å². The molecular weight excluding hydrogens is 254 g/mol. The Hall–Kier alpha value is -1.46. The molecule has 1 aliphatic rings. The Labute approximate surface area is 120 Å². The van der Waals surface area contributed by atoms with Crippen molar-refractivity contribution in [2.45, 2.75) is 19.3 Å². The fourth-order valence-electron chi connectivity index (χ4n) is 2.74. The van der Waals surface area contributed by atoms with E-state index in [0.717, 1.165) is 32.6 Å². The van der Waals surface area contributed by atoms with Crippen molar-refractivity contribution >= 4 is 5.97 Å². The van der Waals surface area contributed by atoms with Crippen molar-refractivity contribution in [2.75, 3.05) is 32.7 Å². The summed E-state index contributed by atoms with van der Waals surface area (Å²) in [4.78, 5) is 17.1. The summed E-state index contributed by atoms with van der Waals surface area (Å²) in [6, 6.07) is 4.09. The van der Waals surface area contributed by atoms with Gasteiger partial charge in [-0.05, 0) is 49.9 Å². The van der Waals surface area contributed by atoms with Gasteiger partial charge in [-0.2, -0.15) is 0 Å². The molecule has 2 rings (SSSR count). The highest BCUT2D eigenvalue weighted by Gasteiger charge is 2.19. The number of carbonyl (C=O) groups is 1. The molecule has 1 aromatic rings. The first-order valence-corrected chi connectivity index (χ1v) is 7.28. The summed E-state index contributed by atoms with van der Waals surface area (Å²) in [5, 5.41) is 11.6. The zero-order valence-electron chi connectivity index (χ0n) is 11.8. The Morgan fingerprint density at radius 3 is 3.20 bits per heavy atom. The van der Waals surface area contributed by atoms with Crippen LogP contribution in [0.15, 0.2) is 24.5 Å². The van der Waals surface area contributed by atoms with E-state index in [1.54, 1.807) is 6.20 Å². The monoisotopic (exact) mass is 277 g/mol. The lowest BCUT2D eigenvalue weighted by molar-refractivity contribution is -0.136. The summed E-state index contributed by atoms with van der Waals surface area (Å²) >= 11 is 0. The van der Waals surface area contributed by atoms with E-state index in [1.807, 2.05) is 12.3 Å². The average molecular weight is 277 g/mol. The van der Waals surface area contributed by atoms with E-state index in [-0.39, 0.29) is 6.54 Å². The minimum absolute atomic E-state index is 0.0617. The van der Waals surface area contributed by atoms with E-state index >= 15 is 0 Å². The smallest absolute Gasteiger partial charge is 0.317 e. The molecule has 0 radical (unpaired) electrons. The van der Waals surface area contributed by atoms with Crippen LogP contribution >= 0.6 is 0 Å². The molecule has 0 spiro atoms. The summed E-state index contributed by atoms with van der Waals surface area (Å²) in [6.45, 7) is 4.13. The van der Waals surface area contributed by atoms with Crippen LogP contribution in [0.25, 0.3) is 0 Å². The minimum atomic E-state index is -0.783. The van der Waals surface area contributed by atoms with Gasteiger partial charge in [-0.15, -0.1) is 0 Å². The van der Waals surface area contributed by atoms with E-state index < -0.39 is 5.97 Å². The second-order valence-corrected chi connectivity index (χ2v) is 5.44. The molecule has 0 amide bonds. The molecular formula is C15H23N3O2. The highest BCUT2D eigenvalue weighted by atomic mass is 16.4. The number of rotatable bonds is 7. The molecule has 1 atom stereocenters. The van der Waals surface area contributed by atoms with E-state index in [2.05, 4.69) is 21.3 Å². The van der Waals surface area contributed by atoms with Crippen LogP contribution in [-0.2, 0) is 11.2 Å². The van der Waals surface area contributed by atoms with Gasteiger partial charge >= 0.3 is 5.97 Å². The number of nitrogens with one attached hydrogen (secondary N) is 1. The van der Waals surface area contributed by atoms with Crippen molar-refractivity contribution in [1.82, 2.24) is 15.2 Å². The highest BCUT2D eigenvalue weighted by molar-refractivity contribution is 5.68. The number of aromatic nitrogens is 1. The number of hydrogen-bond donors (Lipinski definition) is 2. The summed E-state index contributed by atoms with van der Waals surface area (Å²) in [6.07, 6.45) is 7.15. The van der Waals surface area contributed by atoms with Gasteiger partial charge in [0.1, 0.15) is 0 Å². The van der Waals surface area contributed by atoms with E-state index in [4.69, 9.17) is 5.11 Å². The molecule has 5 heteroatoms. The van der Waals surface area contributed by atoms with Crippen molar-refractivity contribution in [3.63, 3.8) is 0 Å². The lowest BCUT2D eigenvalue weighted by atomic mass is 9.97. The minimum Gasteiger partial charge on any atom is -0.480 e. The van der Waals surface area contributed by atoms with Crippen molar-refractivity contribution < 1.29 is 9.90 Å². The predicted octanol–water partition coefficient (Wildman–Crippen LogP) is 1.01. The Balaban J connectivity index is 1.69. The SMILES string of the molecule is O=C(O)CNCC1CCCN(CCc2cccnc2)C1. The maximum Gasteiger partial charge on any atom is 0.317 e. The summed E-state index contributed by atoms with van der Waals surface area (Å²) in [5.41, 5.74) is 1.28. The Morgan fingerprint density at radius 1 is 1.55 bits per heavy atom. The number of aliphatic carboxylic acids is 1. The lowest BCUT2D eigenvalue weighted by Crippen LogP contribution is -2.41. The van der Waals surface area contributed by atoms with Crippen molar-refractivity contribution in [3.05, 3.63) is 30.1 Å². The third kappa shape index (κ3) is 5.27. The van der Waals surface area contributed by atoms with Crippen LogP contribution < -0.4 is 5.32 Å². The number of carboxylic acids is 1. The van der Waals surface area contributed by atoms with Crippen LogP contribution in [0.4, 0.5) is 0 Å². The highest BCUT2D eigenvalue weighted by Crippen LogP contribution is 2.16. The Bertz CT molecular complexity index is 411. The molecule has 0 bridgehead atoms. The van der Waals surface area contributed by atoms with Gasteiger partial charge in [0, 0.05) is 25.5 Å². The number of carboxylic acid groups (broad SMARTS) is 1. The number of nitrogens with zero attached hydrogens (tertiary/aromatic N) is 2. The molecule has 1 aromatic heterocycles. The lowest BCUT2D eigenvalue weighted by Gasteiger charge is -2.32. The Kier molecular flexibility index (Phi) is 5.95. The zero-order chi connectivity index (χ0) is 14.2. The maximum atomic E-state index is 10.5.